The Balaban J connectivity index is 2.26. The Bertz CT molecular complexity index is 444. The smallest absolute Gasteiger partial charge is 0.137 e. The first-order valence-corrected chi connectivity index (χ1v) is 7.18. The topological polar surface area (TPSA) is 42.4 Å². The van der Waals surface area contributed by atoms with E-state index in [1.54, 1.807) is 12.4 Å². The lowest BCUT2D eigenvalue weighted by atomic mass is 9.84. The minimum atomic E-state index is -0.776. The number of ether oxygens (including phenoxy) is 1. The van der Waals surface area contributed by atoms with Gasteiger partial charge in [-0.1, -0.05) is 27.7 Å². The molecule has 3 nitrogen and oxygen atoms in total. The summed E-state index contributed by atoms with van der Waals surface area (Å²) in [4.78, 5) is 4.22. The van der Waals surface area contributed by atoms with Crippen molar-refractivity contribution in [1.82, 2.24) is 4.98 Å². The minimum absolute atomic E-state index is 0.175. The summed E-state index contributed by atoms with van der Waals surface area (Å²) in [7, 11) is 0. The average Bonchev–Trinajstić information content (AvgIpc) is 2.57. The van der Waals surface area contributed by atoms with Gasteiger partial charge in [0, 0.05) is 11.8 Å². The molecule has 1 aromatic rings. The third kappa shape index (κ3) is 2.92. The van der Waals surface area contributed by atoms with E-state index in [2.05, 4.69) is 32.7 Å². The van der Waals surface area contributed by atoms with Gasteiger partial charge in [0.25, 0.3) is 0 Å². The second-order valence-electron chi connectivity index (χ2n) is 6.63. The van der Waals surface area contributed by atoms with Crippen LogP contribution in [0.5, 0.6) is 5.75 Å². The fourth-order valence-electron chi connectivity index (χ4n) is 3.31. The lowest BCUT2D eigenvalue weighted by molar-refractivity contribution is -0.00138. The van der Waals surface area contributed by atoms with E-state index >= 15 is 0 Å². The van der Waals surface area contributed by atoms with Crippen LogP contribution < -0.4 is 4.74 Å². The van der Waals surface area contributed by atoms with Crippen molar-refractivity contribution in [3.63, 3.8) is 0 Å². The van der Waals surface area contributed by atoms with E-state index < -0.39 is 5.60 Å². The number of pyridine rings is 1. The summed E-state index contributed by atoms with van der Waals surface area (Å²) >= 11 is 0. The summed E-state index contributed by atoms with van der Waals surface area (Å²) in [6.07, 6.45) is 6.27. The van der Waals surface area contributed by atoms with Gasteiger partial charge >= 0.3 is 0 Å². The highest BCUT2D eigenvalue weighted by molar-refractivity contribution is 5.30. The largest absolute Gasteiger partial charge is 0.492 e. The fraction of sp³-hybridized carbons (Fsp3) is 0.688. The van der Waals surface area contributed by atoms with Crippen molar-refractivity contribution >= 4 is 0 Å². The Morgan fingerprint density at radius 3 is 2.74 bits per heavy atom. The van der Waals surface area contributed by atoms with E-state index in [0.29, 0.717) is 6.61 Å². The molecule has 1 aliphatic rings. The molecule has 0 radical (unpaired) electrons. The standard InChI is InChI=1S/C16H25NO2/c1-5-6-19-14-7-13(9-17-10-14)16(18)11-15(3,4)8-12(16)2/h7,9-10,12,18H,5-6,8,11H2,1-4H3. The minimum Gasteiger partial charge on any atom is -0.492 e. The van der Waals surface area contributed by atoms with E-state index in [1.807, 2.05) is 6.07 Å². The molecule has 0 aliphatic heterocycles. The molecule has 2 unspecified atom stereocenters. The van der Waals surface area contributed by atoms with Crippen LogP contribution >= 0.6 is 0 Å². The van der Waals surface area contributed by atoms with Gasteiger partial charge in [0.15, 0.2) is 0 Å². The zero-order valence-corrected chi connectivity index (χ0v) is 12.4. The van der Waals surface area contributed by atoms with Crippen LogP contribution in [0.3, 0.4) is 0 Å². The Morgan fingerprint density at radius 2 is 2.16 bits per heavy atom. The van der Waals surface area contributed by atoms with Crippen molar-refractivity contribution < 1.29 is 9.84 Å². The van der Waals surface area contributed by atoms with Gasteiger partial charge in [-0.3, -0.25) is 4.98 Å². The number of hydrogen-bond acceptors (Lipinski definition) is 3. The molecule has 1 heterocycles. The van der Waals surface area contributed by atoms with Gasteiger partial charge in [0.2, 0.25) is 0 Å². The zero-order chi connectivity index (χ0) is 14.1. The molecule has 2 rings (SSSR count). The first kappa shape index (κ1) is 14.3. The molecule has 1 fully saturated rings. The molecule has 0 aromatic carbocycles. The Labute approximate surface area is 116 Å². The van der Waals surface area contributed by atoms with Crippen LogP contribution in [0.1, 0.15) is 52.5 Å². The van der Waals surface area contributed by atoms with Gasteiger partial charge in [0.1, 0.15) is 5.75 Å². The predicted octanol–water partition coefficient (Wildman–Crippen LogP) is 3.51. The molecule has 2 atom stereocenters. The molecule has 1 N–H and O–H groups in total. The third-order valence-corrected chi connectivity index (χ3v) is 4.11. The highest BCUT2D eigenvalue weighted by Crippen LogP contribution is 2.52. The average molecular weight is 263 g/mol. The first-order chi connectivity index (χ1) is 8.87. The summed E-state index contributed by atoms with van der Waals surface area (Å²) in [5.74, 6) is 0.996. The zero-order valence-electron chi connectivity index (χ0n) is 12.4. The lowest BCUT2D eigenvalue weighted by Gasteiger charge is -2.29. The Hall–Kier alpha value is -1.09. The molecule has 0 bridgehead atoms. The maximum atomic E-state index is 11.0. The number of aliphatic hydroxyl groups is 1. The Kier molecular flexibility index (Phi) is 3.86. The van der Waals surface area contributed by atoms with Crippen LogP contribution in [0.15, 0.2) is 18.5 Å². The predicted molar refractivity (Wildman–Crippen MR) is 76.1 cm³/mol. The van der Waals surface area contributed by atoms with Crippen LogP contribution in [0, 0.1) is 11.3 Å². The van der Waals surface area contributed by atoms with E-state index in [9.17, 15) is 5.11 Å². The number of aromatic nitrogens is 1. The highest BCUT2D eigenvalue weighted by Gasteiger charge is 2.48. The monoisotopic (exact) mass is 263 g/mol. The van der Waals surface area contributed by atoms with Crippen molar-refractivity contribution in [1.29, 1.82) is 0 Å². The van der Waals surface area contributed by atoms with Gasteiger partial charge in [-0.05, 0) is 36.7 Å². The van der Waals surface area contributed by atoms with E-state index in [1.165, 1.54) is 0 Å². The highest BCUT2D eigenvalue weighted by atomic mass is 16.5. The van der Waals surface area contributed by atoms with Crippen molar-refractivity contribution in [3.8, 4) is 5.75 Å². The van der Waals surface area contributed by atoms with Gasteiger partial charge in [-0.25, -0.2) is 0 Å². The molecule has 106 valence electrons. The third-order valence-electron chi connectivity index (χ3n) is 4.11. The maximum Gasteiger partial charge on any atom is 0.137 e. The fourth-order valence-corrected chi connectivity index (χ4v) is 3.31. The molecule has 0 spiro atoms. The van der Waals surface area contributed by atoms with Crippen LogP contribution in [0.25, 0.3) is 0 Å². The number of nitrogens with zero attached hydrogens (tertiary/aromatic N) is 1. The van der Waals surface area contributed by atoms with E-state index in [4.69, 9.17) is 4.74 Å². The second-order valence-corrected chi connectivity index (χ2v) is 6.63. The molecule has 19 heavy (non-hydrogen) atoms. The summed E-state index contributed by atoms with van der Waals surface area (Å²) in [5, 5.41) is 11.0. The van der Waals surface area contributed by atoms with Crippen molar-refractivity contribution in [2.45, 2.75) is 52.6 Å². The van der Waals surface area contributed by atoms with E-state index in [-0.39, 0.29) is 11.3 Å². The molecule has 1 saturated carbocycles. The van der Waals surface area contributed by atoms with Crippen LogP contribution in [-0.2, 0) is 5.60 Å². The van der Waals surface area contributed by atoms with Gasteiger partial charge in [-0.2, -0.15) is 0 Å². The summed E-state index contributed by atoms with van der Waals surface area (Å²) in [6.45, 7) is 9.31. The molecular formula is C16H25NO2. The summed E-state index contributed by atoms with van der Waals surface area (Å²) < 4.78 is 5.61. The second kappa shape index (κ2) is 5.12. The SMILES string of the molecule is CCCOc1cncc(C2(O)CC(C)(C)CC2C)c1. The van der Waals surface area contributed by atoms with Crippen LogP contribution in [0.4, 0.5) is 0 Å². The lowest BCUT2D eigenvalue weighted by Crippen LogP contribution is -2.29. The van der Waals surface area contributed by atoms with Gasteiger partial charge in [-0.15, -0.1) is 0 Å². The van der Waals surface area contributed by atoms with Crippen molar-refractivity contribution in [3.05, 3.63) is 24.0 Å². The molecule has 0 saturated heterocycles. The maximum absolute atomic E-state index is 11.0. The molecule has 0 amide bonds. The van der Waals surface area contributed by atoms with Crippen molar-refractivity contribution in [2.24, 2.45) is 11.3 Å². The molecule has 3 heteroatoms. The summed E-state index contributed by atoms with van der Waals surface area (Å²) in [5.41, 5.74) is 0.287. The first-order valence-electron chi connectivity index (χ1n) is 7.18. The molecule has 1 aromatic heterocycles. The van der Waals surface area contributed by atoms with E-state index in [0.717, 1.165) is 30.6 Å². The molecular weight excluding hydrogens is 238 g/mol. The summed E-state index contributed by atoms with van der Waals surface area (Å²) in [6, 6.07) is 1.94. The molecule has 1 aliphatic carbocycles. The van der Waals surface area contributed by atoms with Crippen molar-refractivity contribution in [2.75, 3.05) is 6.61 Å². The normalized spacial score (nSPS) is 29.4. The Morgan fingerprint density at radius 1 is 1.42 bits per heavy atom. The van der Waals surface area contributed by atoms with Crippen LogP contribution in [-0.4, -0.2) is 16.7 Å². The van der Waals surface area contributed by atoms with Gasteiger partial charge in [0.05, 0.1) is 18.4 Å². The quantitative estimate of drug-likeness (QED) is 0.904. The number of hydrogen-bond donors (Lipinski definition) is 1. The van der Waals surface area contributed by atoms with Crippen LogP contribution in [0.2, 0.25) is 0 Å². The number of rotatable bonds is 4. The van der Waals surface area contributed by atoms with Gasteiger partial charge < -0.3 is 9.84 Å².